The maximum Gasteiger partial charge on any atom is 0.273 e. The number of amides is 1. The predicted octanol–water partition coefficient (Wildman–Crippen LogP) is 2.64. The Kier molecular flexibility index (Phi) is 6.02. The van der Waals surface area contributed by atoms with Gasteiger partial charge in [-0.3, -0.25) is 4.79 Å². The first-order valence-electron chi connectivity index (χ1n) is 6.92. The fourth-order valence-electron chi connectivity index (χ4n) is 1.80. The van der Waals surface area contributed by atoms with Crippen LogP contribution < -0.4 is 11.1 Å². The smallest absolute Gasteiger partial charge is 0.273 e. The van der Waals surface area contributed by atoms with Gasteiger partial charge in [0.25, 0.3) is 5.91 Å². The van der Waals surface area contributed by atoms with Gasteiger partial charge in [0.1, 0.15) is 6.26 Å². The molecule has 0 radical (unpaired) electrons. The summed E-state index contributed by atoms with van der Waals surface area (Å²) < 4.78 is 5.14. The lowest BCUT2D eigenvalue weighted by Crippen LogP contribution is -2.32. The SMILES string of the molecule is CC(C)CCCC(C)NC(=O)c1coc(C(C)N)n1. The summed E-state index contributed by atoms with van der Waals surface area (Å²) >= 11 is 0. The first-order valence-corrected chi connectivity index (χ1v) is 6.92. The Morgan fingerprint density at radius 2 is 2.05 bits per heavy atom. The average Bonchev–Trinajstić information content (AvgIpc) is 2.77. The molecule has 1 rings (SSSR count). The van der Waals surface area contributed by atoms with E-state index in [4.69, 9.17) is 10.2 Å². The van der Waals surface area contributed by atoms with Crippen LogP contribution in [0.5, 0.6) is 0 Å². The number of nitrogens with two attached hydrogens (primary N) is 1. The van der Waals surface area contributed by atoms with E-state index in [1.807, 2.05) is 6.92 Å². The minimum atomic E-state index is -0.301. The van der Waals surface area contributed by atoms with Gasteiger partial charge in [0, 0.05) is 6.04 Å². The maximum atomic E-state index is 11.9. The van der Waals surface area contributed by atoms with E-state index in [-0.39, 0.29) is 18.0 Å². The van der Waals surface area contributed by atoms with Crippen LogP contribution in [0.25, 0.3) is 0 Å². The summed E-state index contributed by atoms with van der Waals surface area (Å²) in [5.41, 5.74) is 5.93. The van der Waals surface area contributed by atoms with Crippen LogP contribution in [0.1, 0.15) is 69.4 Å². The minimum Gasteiger partial charge on any atom is -0.446 e. The highest BCUT2D eigenvalue weighted by Crippen LogP contribution is 2.11. The van der Waals surface area contributed by atoms with Crippen molar-refractivity contribution in [1.29, 1.82) is 0 Å². The van der Waals surface area contributed by atoms with E-state index in [1.54, 1.807) is 6.92 Å². The predicted molar refractivity (Wildman–Crippen MR) is 74.7 cm³/mol. The van der Waals surface area contributed by atoms with Crippen LogP contribution >= 0.6 is 0 Å². The van der Waals surface area contributed by atoms with E-state index >= 15 is 0 Å². The van der Waals surface area contributed by atoms with Gasteiger partial charge in [-0.15, -0.1) is 0 Å². The van der Waals surface area contributed by atoms with Crippen LogP contribution in [0.15, 0.2) is 10.7 Å². The number of aromatic nitrogens is 1. The van der Waals surface area contributed by atoms with Gasteiger partial charge < -0.3 is 15.5 Å². The van der Waals surface area contributed by atoms with Crippen LogP contribution in [-0.2, 0) is 0 Å². The molecule has 0 fully saturated rings. The molecule has 0 saturated carbocycles. The third-order valence-corrected chi connectivity index (χ3v) is 2.94. The highest BCUT2D eigenvalue weighted by molar-refractivity contribution is 5.92. The van der Waals surface area contributed by atoms with Crippen molar-refractivity contribution in [3.8, 4) is 0 Å². The van der Waals surface area contributed by atoms with Crippen molar-refractivity contribution >= 4 is 5.91 Å². The molecular weight excluding hydrogens is 242 g/mol. The number of hydrogen-bond acceptors (Lipinski definition) is 4. The Hall–Kier alpha value is -1.36. The lowest BCUT2D eigenvalue weighted by atomic mass is 10.0. The second-order valence-electron chi connectivity index (χ2n) is 5.56. The molecule has 108 valence electrons. The summed E-state index contributed by atoms with van der Waals surface area (Å²) in [6.45, 7) is 8.18. The second kappa shape index (κ2) is 7.28. The van der Waals surface area contributed by atoms with Crippen LogP contribution in [0.2, 0.25) is 0 Å². The minimum absolute atomic E-state index is 0.140. The fraction of sp³-hybridized carbons (Fsp3) is 0.714. The molecule has 1 aromatic heterocycles. The Bertz CT molecular complexity index is 399. The lowest BCUT2D eigenvalue weighted by Gasteiger charge is -2.13. The van der Waals surface area contributed by atoms with Crippen molar-refractivity contribution in [2.45, 2.75) is 59.0 Å². The van der Waals surface area contributed by atoms with Gasteiger partial charge in [-0.25, -0.2) is 4.98 Å². The third kappa shape index (κ3) is 5.42. The van der Waals surface area contributed by atoms with Crippen LogP contribution in [0.3, 0.4) is 0 Å². The van der Waals surface area contributed by atoms with Gasteiger partial charge in [-0.1, -0.05) is 26.7 Å². The summed E-state index contributed by atoms with van der Waals surface area (Å²) in [6, 6.07) is -0.160. The molecule has 1 aromatic rings. The summed E-state index contributed by atoms with van der Waals surface area (Å²) in [5.74, 6) is 0.886. The van der Waals surface area contributed by atoms with Crippen LogP contribution in [-0.4, -0.2) is 16.9 Å². The number of nitrogens with one attached hydrogen (secondary N) is 1. The van der Waals surface area contributed by atoms with Crippen molar-refractivity contribution in [2.75, 3.05) is 0 Å². The number of carbonyl (C=O) groups excluding carboxylic acids is 1. The standard InChI is InChI=1S/C14H25N3O2/c1-9(2)6-5-7-10(3)16-13(18)12-8-19-14(17-12)11(4)15/h8-11H,5-7,15H2,1-4H3,(H,16,18). The van der Waals surface area contributed by atoms with E-state index in [9.17, 15) is 4.79 Å². The highest BCUT2D eigenvalue weighted by atomic mass is 16.3. The Morgan fingerprint density at radius 3 is 2.58 bits per heavy atom. The average molecular weight is 267 g/mol. The monoisotopic (exact) mass is 267 g/mol. The van der Waals surface area contributed by atoms with E-state index < -0.39 is 0 Å². The zero-order valence-electron chi connectivity index (χ0n) is 12.3. The first-order chi connectivity index (χ1) is 8.90. The quantitative estimate of drug-likeness (QED) is 0.795. The normalized spacial score (nSPS) is 14.4. The van der Waals surface area contributed by atoms with Gasteiger partial charge in [0.05, 0.1) is 6.04 Å². The molecule has 0 aliphatic rings. The molecule has 0 aliphatic carbocycles. The Morgan fingerprint density at radius 1 is 1.37 bits per heavy atom. The number of hydrogen-bond donors (Lipinski definition) is 2. The second-order valence-corrected chi connectivity index (χ2v) is 5.56. The molecule has 2 atom stereocenters. The summed E-state index contributed by atoms with van der Waals surface area (Å²) in [7, 11) is 0. The molecule has 5 heteroatoms. The number of nitrogens with zero attached hydrogens (tertiary/aromatic N) is 1. The molecule has 0 spiro atoms. The van der Waals surface area contributed by atoms with Crippen molar-refractivity contribution in [2.24, 2.45) is 11.7 Å². The van der Waals surface area contributed by atoms with Crippen LogP contribution in [0, 0.1) is 5.92 Å². The van der Waals surface area contributed by atoms with Crippen molar-refractivity contribution in [3.05, 3.63) is 17.8 Å². The fourth-order valence-corrected chi connectivity index (χ4v) is 1.80. The van der Waals surface area contributed by atoms with E-state index in [0.717, 1.165) is 12.8 Å². The van der Waals surface area contributed by atoms with E-state index in [1.165, 1.54) is 12.7 Å². The van der Waals surface area contributed by atoms with Crippen molar-refractivity contribution in [3.63, 3.8) is 0 Å². The molecule has 3 N–H and O–H groups in total. The zero-order valence-corrected chi connectivity index (χ0v) is 12.3. The lowest BCUT2D eigenvalue weighted by molar-refractivity contribution is 0.0932. The van der Waals surface area contributed by atoms with E-state index in [2.05, 4.69) is 24.1 Å². The summed E-state index contributed by atoms with van der Waals surface area (Å²) in [5, 5.41) is 2.92. The van der Waals surface area contributed by atoms with Gasteiger partial charge >= 0.3 is 0 Å². The molecule has 0 bridgehead atoms. The Labute approximate surface area is 115 Å². The topological polar surface area (TPSA) is 81.2 Å². The summed E-state index contributed by atoms with van der Waals surface area (Å²) in [4.78, 5) is 16.0. The molecule has 0 aromatic carbocycles. The molecule has 5 nitrogen and oxygen atoms in total. The van der Waals surface area contributed by atoms with Gasteiger partial charge in [0.15, 0.2) is 5.69 Å². The third-order valence-electron chi connectivity index (χ3n) is 2.94. The van der Waals surface area contributed by atoms with Gasteiger partial charge in [-0.2, -0.15) is 0 Å². The molecule has 0 aliphatic heterocycles. The zero-order chi connectivity index (χ0) is 14.4. The van der Waals surface area contributed by atoms with Crippen LogP contribution in [0.4, 0.5) is 0 Å². The Balaban J connectivity index is 2.40. The molecule has 1 heterocycles. The maximum absolute atomic E-state index is 11.9. The molecular formula is C14H25N3O2. The van der Waals surface area contributed by atoms with Crippen molar-refractivity contribution < 1.29 is 9.21 Å². The highest BCUT2D eigenvalue weighted by Gasteiger charge is 2.16. The first kappa shape index (κ1) is 15.7. The molecule has 1 amide bonds. The van der Waals surface area contributed by atoms with E-state index in [0.29, 0.717) is 17.5 Å². The van der Waals surface area contributed by atoms with Gasteiger partial charge in [-0.05, 0) is 26.2 Å². The molecule has 0 saturated heterocycles. The van der Waals surface area contributed by atoms with Gasteiger partial charge in [0.2, 0.25) is 5.89 Å². The molecule has 2 unspecified atom stereocenters. The molecule has 19 heavy (non-hydrogen) atoms. The van der Waals surface area contributed by atoms with Crippen molar-refractivity contribution in [1.82, 2.24) is 10.3 Å². The largest absolute Gasteiger partial charge is 0.446 e. The number of rotatable bonds is 7. The number of oxazole rings is 1. The summed E-state index contributed by atoms with van der Waals surface area (Å²) in [6.07, 6.45) is 4.62. The number of carbonyl (C=O) groups is 1.